The van der Waals surface area contributed by atoms with Gasteiger partial charge in [0.2, 0.25) is 0 Å². The Morgan fingerprint density at radius 2 is 1.93 bits per heavy atom. The molecule has 1 aliphatic heterocycles. The van der Waals surface area contributed by atoms with Gasteiger partial charge in [-0.25, -0.2) is 13.9 Å². The second-order valence-corrected chi connectivity index (χ2v) is 8.03. The number of carboxylic acid groups (broad SMARTS) is 1. The van der Waals surface area contributed by atoms with E-state index in [1.54, 1.807) is 42.1 Å². The third kappa shape index (κ3) is 3.55. The second-order valence-electron chi connectivity index (χ2n) is 6.20. The van der Waals surface area contributed by atoms with Gasteiger partial charge in [-0.2, -0.15) is 16.9 Å². The molecule has 0 fully saturated rings. The summed E-state index contributed by atoms with van der Waals surface area (Å²) in [5, 5.41) is 15.2. The van der Waals surface area contributed by atoms with Crippen LogP contribution in [-0.2, 0) is 5.75 Å². The average molecular weight is 435 g/mol. The summed E-state index contributed by atoms with van der Waals surface area (Å²) in [5.74, 6) is -0.184. The maximum absolute atomic E-state index is 13.2. The van der Waals surface area contributed by atoms with Crippen LogP contribution in [-0.4, -0.2) is 26.6 Å². The molecule has 0 bridgehead atoms. The molecule has 8 heteroatoms. The van der Waals surface area contributed by atoms with Crippen molar-refractivity contribution in [2.24, 2.45) is 0 Å². The predicted octanol–water partition coefficient (Wildman–Crippen LogP) is 5.80. The molecule has 4 rings (SSSR count). The number of halogens is 3. The Morgan fingerprint density at radius 3 is 2.61 bits per heavy atom. The molecule has 0 spiro atoms. The fourth-order valence-electron chi connectivity index (χ4n) is 3.09. The van der Waals surface area contributed by atoms with Gasteiger partial charge in [0.15, 0.2) is 5.69 Å². The molecule has 2 heterocycles. The summed E-state index contributed by atoms with van der Waals surface area (Å²) in [4.78, 5) is 12.0. The molecular weight excluding hydrogens is 422 g/mol. The summed E-state index contributed by atoms with van der Waals surface area (Å²) >= 11 is 13.9. The van der Waals surface area contributed by atoms with Gasteiger partial charge in [-0.3, -0.25) is 0 Å². The lowest BCUT2D eigenvalue weighted by Crippen LogP contribution is -2.10. The van der Waals surface area contributed by atoms with Gasteiger partial charge >= 0.3 is 5.97 Å². The van der Waals surface area contributed by atoms with Gasteiger partial charge < -0.3 is 5.11 Å². The van der Waals surface area contributed by atoms with E-state index in [1.807, 2.05) is 6.08 Å². The van der Waals surface area contributed by atoms with Crippen molar-refractivity contribution in [2.45, 2.75) is 5.75 Å². The lowest BCUT2D eigenvalue weighted by molar-refractivity contribution is 0.0686. The molecule has 0 unspecified atom stereocenters. The molecule has 3 aromatic rings. The van der Waals surface area contributed by atoms with Crippen LogP contribution in [0.1, 0.15) is 27.3 Å². The SMILES string of the molecule is O=C(O)c1c2c(nn1-c1ccc(Cl)cc1Cl)C(=Cc1ccc(F)cc1)CSC2. The van der Waals surface area contributed by atoms with Crippen molar-refractivity contribution in [3.8, 4) is 5.69 Å². The predicted molar refractivity (Wildman–Crippen MR) is 111 cm³/mol. The van der Waals surface area contributed by atoms with E-state index in [-0.39, 0.29) is 11.5 Å². The molecule has 28 heavy (non-hydrogen) atoms. The van der Waals surface area contributed by atoms with E-state index in [0.29, 0.717) is 38.5 Å². The highest BCUT2D eigenvalue weighted by Gasteiger charge is 2.29. The average Bonchev–Trinajstić information content (AvgIpc) is 3.04. The first-order chi connectivity index (χ1) is 13.4. The van der Waals surface area contributed by atoms with Crippen molar-refractivity contribution in [2.75, 3.05) is 5.75 Å². The minimum Gasteiger partial charge on any atom is -0.476 e. The Morgan fingerprint density at radius 1 is 1.18 bits per heavy atom. The summed E-state index contributed by atoms with van der Waals surface area (Å²) in [5.41, 5.74) is 3.49. The summed E-state index contributed by atoms with van der Waals surface area (Å²) in [7, 11) is 0. The third-order valence-electron chi connectivity index (χ3n) is 4.34. The number of fused-ring (bicyclic) bond motifs is 1. The molecule has 1 aliphatic rings. The number of hydrogen-bond donors (Lipinski definition) is 1. The normalized spacial score (nSPS) is 14.9. The number of nitrogens with zero attached hydrogens (tertiary/aromatic N) is 2. The summed E-state index contributed by atoms with van der Waals surface area (Å²) in [6.45, 7) is 0. The van der Waals surface area contributed by atoms with Crippen LogP contribution >= 0.6 is 35.0 Å². The first-order valence-corrected chi connectivity index (χ1v) is 10.2. The fourth-order valence-corrected chi connectivity index (χ4v) is 4.60. The Hall–Kier alpha value is -2.28. The lowest BCUT2D eigenvalue weighted by Gasteiger charge is -2.13. The molecule has 2 aromatic carbocycles. The van der Waals surface area contributed by atoms with Crippen molar-refractivity contribution in [3.05, 3.63) is 80.8 Å². The topological polar surface area (TPSA) is 55.1 Å². The van der Waals surface area contributed by atoms with Crippen molar-refractivity contribution in [1.29, 1.82) is 0 Å². The van der Waals surface area contributed by atoms with E-state index < -0.39 is 5.97 Å². The second kappa shape index (κ2) is 7.62. The lowest BCUT2D eigenvalue weighted by atomic mass is 10.0. The zero-order chi connectivity index (χ0) is 19.8. The van der Waals surface area contributed by atoms with Crippen LogP contribution in [0.15, 0.2) is 42.5 Å². The number of carbonyl (C=O) groups is 1. The van der Waals surface area contributed by atoms with Gasteiger partial charge in [-0.1, -0.05) is 35.3 Å². The minimum atomic E-state index is -1.08. The van der Waals surface area contributed by atoms with Crippen LogP contribution < -0.4 is 0 Å². The van der Waals surface area contributed by atoms with Crippen LogP contribution in [0.25, 0.3) is 17.3 Å². The molecular formula is C20H13Cl2FN2O2S. The van der Waals surface area contributed by atoms with Gasteiger partial charge in [0, 0.05) is 22.1 Å². The zero-order valence-corrected chi connectivity index (χ0v) is 16.7. The molecule has 0 atom stereocenters. The summed E-state index contributed by atoms with van der Waals surface area (Å²) < 4.78 is 14.5. The summed E-state index contributed by atoms with van der Waals surface area (Å²) in [6.07, 6.45) is 1.90. The number of thioether (sulfide) groups is 1. The molecule has 0 radical (unpaired) electrons. The van der Waals surface area contributed by atoms with E-state index in [0.717, 1.165) is 11.1 Å². The third-order valence-corrected chi connectivity index (χ3v) is 5.89. The van der Waals surface area contributed by atoms with E-state index >= 15 is 0 Å². The van der Waals surface area contributed by atoms with Gasteiger partial charge in [0.1, 0.15) is 5.82 Å². The van der Waals surface area contributed by atoms with Crippen LogP contribution in [0, 0.1) is 5.82 Å². The van der Waals surface area contributed by atoms with Gasteiger partial charge in [-0.15, -0.1) is 0 Å². The molecule has 1 aromatic heterocycles. The molecule has 0 saturated heterocycles. The van der Waals surface area contributed by atoms with Crippen molar-refractivity contribution in [3.63, 3.8) is 0 Å². The van der Waals surface area contributed by atoms with Gasteiger partial charge in [0.25, 0.3) is 0 Å². The van der Waals surface area contributed by atoms with Gasteiger partial charge in [0.05, 0.1) is 16.4 Å². The molecule has 1 N–H and O–H groups in total. The minimum absolute atomic E-state index is 0.0800. The van der Waals surface area contributed by atoms with E-state index in [4.69, 9.17) is 23.2 Å². The Bertz CT molecular complexity index is 1110. The molecule has 4 nitrogen and oxygen atoms in total. The van der Waals surface area contributed by atoms with Crippen molar-refractivity contribution in [1.82, 2.24) is 9.78 Å². The maximum atomic E-state index is 13.2. The molecule has 142 valence electrons. The first-order valence-electron chi connectivity index (χ1n) is 8.29. The van der Waals surface area contributed by atoms with Gasteiger partial charge in [-0.05, 0) is 47.5 Å². The maximum Gasteiger partial charge on any atom is 0.354 e. The highest BCUT2D eigenvalue weighted by molar-refractivity contribution is 7.99. The van der Waals surface area contributed by atoms with E-state index in [9.17, 15) is 14.3 Å². The standard InChI is InChI=1S/C20H13Cl2FN2O2S/c21-13-3-6-17(16(22)8-13)25-19(20(26)27)15-10-28-9-12(18(15)24-25)7-11-1-4-14(23)5-2-11/h1-8H,9-10H2,(H,26,27). The molecule has 0 saturated carbocycles. The molecule has 0 amide bonds. The number of rotatable bonds is 3. The largest absolute Gasteiger partial charge is 0.476 e. The number of benzene rings is 2. The number of aromatic carboxylic acids is 1. The quantitative estimate of drug-likeness (QED) is 0.565. The van der Waals surface area contributed by atoms with Crippen LogP contribution in [0.4, 0.5) is 4.39 Å². The van der Waals surface area contributed by atoms with Crippen LogP contribution in [0.3, 0.4) is 0 Å². The van der Waals surface area contributed by atoms with Crippen LogP contribution in [0.2, 0.25) is 10.0 Å². The Kier molecular flexibility index (Phi) is 5.19. The highest BCUT2D eigenvalue weighted by atomic mass is 35.5. The Labute approximate surface area is 174 Å². The number of aromatic nitrogens is 2. The number of carboxylic acids is 1. The smallest absolute Gasteiger partial charge is 0.354 e. The zero-order valence-electron chi connectivity index (χ0n) is 14.3. The van der Waals surface area contributed by atoms with Crippen LogP contribution in [0.5, 0.6) is 0 Å². The summed E-state index contributed by atoms with van der Waals surface area (Å²) in [6, 6.07) is 11.0. The van der Waals surface area contributed by atoms with E-state index in [2.05, 4.69) is 5.10 Å². The number of hydrogen-bond acceptors (Lipinski definition) is 3. The first kappa shape index (κ1) is 19.1. The highest BCUT2D eigenvalue weighted by Crippen LogP contribution is 2.37. The van der Waals surface area contributed by atoms with Crippen molar-refractivity contribution >= 4 is 52.6 Å². The monoisotopic (exact) mass is 434 g/mol. The fraction of sp³-hybridized carbons (Fsp3) is 0.100. The Balaban J connectivity index is 1.88. The van der Waals surface area contributed by atoms with E-state index in [1.165, 1.54) is 16.8 Å². The molecule has 0 aliphatic carbocycles. The van der Waals surface area contributed by atoms with Crippen molar-refractivity contribution < 1.29 is 14.3 Å².